The molecule has 2 N–H and O–H groups in total. The molecule has 5 nitrogen and oxygen atoms in total. The van der Waals surface area contributed by atoms with Crippen molar-refractivity contribution in [3.05, 3.63) is 46.6 Å². The maximum absolute atomic E-state index is 10.4. The summed E-state index contributed by atoms with van der Waals surface area (Å²) < 4.78 is 7.87. The predicted molar refractivity (Wildman–Crippen MR) is 98.7 cm³/mol. The van der Waals surface area contributed by atoms with E-state index < -0.39 is 0 Å². The molecule has 0 fully saturated rings. The number of nitrogens with zero attached hydrogens (tertiary/aromatic N) is 2. The Labute approximate surface area is 150 Å². The number of rotatable bonds is 7. The molecule has 0 unspecified atom stereocenters. The maximum Gasteiger partial charge on any atom is 0.216 e. The van der Waals surface area contributed by atoms with Gasteiger partial charge in [-0.05, 0) is 30.9 Å². The molecule has 3 rings (SSSR count). The first-order chi connectivity index (χ1) is 12.0. The predicted octanol–water partition coefficient (Wildman–Crippen LogP) is 2.99. The largest absolute Gasteiger partial charge is 0.478 e. The summed E-state index contributed by atoms with van der Waals surface area (Å²) in [5.74, 6) is 1.35. The third-order valence-corrected chi connectivity index (χ3v) is 4.72. The van der Waals surface area contributed by atoms with Crippen molar-refractivity contribution in [2.75, 3.05) is 6.61 Å². The summed E-state index contributed by atoms with van der Waals surface area (Å²) >= 11 is 0. The molecule has 1 heterocycles. The van der Waals surface area contributed by atoms with Gasteiger partial charge in [-0.1, -0.05) is 38.1 Å². The number of hydrogen-bond acceptors (Lipinski definition) is 4. The number of aryl methyl sites for hydroxylation is 1. The normalized spacial score (nSPS) is 19.4. The number of aromatic nitrogens is 2. The van der Waals surface area contributed by atoms with Crippen molar-refractivity contribution in [1.82, 2.24) is 15.1 Å². The molecular formula is C20H29N3O2. The van der Waals surface area contributed by atoms with Gasteiger partial charge >= 0.3 is 0 Å². The third kappa shape index (κ3) is 3.72. The number of ether oxygens (including phenoxy) is 1. The van der Waals surface area contributed by atoms with Gasteiger partial charge < -0.3 is 15.2 Å². The Kier molecular flexibility index (Phi) is 5.45. The third-order valence-electron chi connectivity index (χ3n) is 4.72. The SMILES string of the molecule is CCOc1c(CN[C@@H]2c3ccccc3C[C@@H]2O)c(C)nn1CC(C)C. The Balaban J connectivity index is 1.80. The zero-order valence-electron chi connectivity index (χ0n) is 15.6. The van der Waals surface area contributed by atoms with Crippen molar-refractivity contribution in [3.8, 4) is 5.88 Å². The molecule has 1 aromatic heterocycles. The second-order valence-corrected chi connectivity index (χ2v) is 7.21. The van der Waals surface area contributed by atoms with E-state index in [1.807, 2.05) is 30.7 Å². The van der Waals surface area contributed by atoms with Gasteiger partial charge in [-0.25, -0.2) is 4.68 Å². The quantitative estimate of drug-likeness (QED) is 0.811. The number of aliphatic hydroxyl groups is 1. The molecule has 0 radical (unpaired) electrons. The first-order valence-electron chi connectivity index (χ1n) is 9.19. The van der Waals surface area contributed by atoms with E-state index in [1.54, 1.807) is 0 Å². The van der Waals surface area contributed by atoms with Crippen molar-refractivity contribution in [2.45, 2.75) is 59.4 Å². The zero-order valence-corrected chi connectivity index (χ0v) is 15.6. The highest BCUT2D eigenvalue weighted by molar-refractivity contribution is 5.37. The minimum atomic E-state index is -0.390. The molecule has 1 aliphatic rings. The van der Waals surface area contributed by atoms with Crippen molar-refractivity contribution in [1.29, 1.82) is 0 Å². The Bertz CT molecular complexity index is 724. The van der Waals surface area contributed by atoms with Gasteiger partial charge in [-0.15, -0.1) is 0 Å². The molecule has 1 aliphatic carbocycles. The van der Waals surface area contributed by atoms with Crippen LogP contribution in [0.2, 0.25) is 0 Å². The molecule has 2 aromatic rings. The molecule has 0 saturated carbocycles. The van der Waals surface area contributed by atoms with E-state index >= 15 is 0 Å². The monoisotopic (exact) mass is 343 g/mol. The van der Waals surface area contributed by atoms with Crippen LogP contribution in [-0.2, 0) is 19.5 Å². The number of aliphatic hydroxyl groups excluding tert-OH is 1. The molecule has 0 saturated heterocycles. The van der Waals surface area contributed by atoms with Gasteiger partial charge in [0.15, 0.2) is 0 Å². The lowest BCUT2D eigenvalue weighted by Gasteiger charge is -2.18. The van der Waals surface area contributed by atoms with Gasteiger partial charge in [0.1, 0.15) is 0 Å². The Morgan fingerprint density at radius 1 is 1.36 bits per heavy atom. The van der Waals surface area contributed by atoms with E-state index in [1.165, 1.54) is 11.1 Å². The first-order valence-corrected chi connectivity index (χ1v) is 9.19. The lowest BCUT2D eigenvalue weighted by atomic mass is 10.1. The van der Waals surface area contributed by atoms with Crippen LogP contribution in [0.3, 0.4) is 0 Å². The lowest BCUT2D eigenvalue weighted by Crippen LogP contribution is -2.28. The van der Waals surface area contributed by atoms with Crippen molar-refractivity contribution < 1.29 is 9.84 Å². The average molecular weight is 343 g/mol. The summed E-state index contributed by atoms with van der Waals surface area (Å²) in [6.07, 6.45) is 0.316. The van der Waals surface area contributed by atoms with Crippen LogP contribution in [-0.4, -0.2) is 27.6 Å². The number of benzene rings is 1. The van der Waals surface area contributed by atoms with Crippen LogP contribution in [0.5, 0.6) is 5.88 Å². The fraction of sp³-hybridized carbons (Fsp3) is 0.550. The Morgan fingerprint density at radius 2 is 2.12 bits per heavy atom. The summed E-state index contributed by atoms with van der Waals surface area (Å²) in [6, 6.07) is 8.21. The van der Waals surface area contributed by atoms with Crippen LogP contribution in [0.25, 0.3) is 0 Å². The molecule has 0 spiro atoms. The lowest BCUT2D eigenvalue weighted by molar-refractivity contribution is 0.140. The van der Waals surface area contributed by atoms with Gasteiger partial charge in [0.2, 0.25) is 5.88 Å². The number of hydrogen-bond donors (Lipinski definition) is 2. The Hall–Kier alpha value is -1.85. The molecule has 1 aromatic carbocycles. The number of fused-ring (bicyclic) bond motifs is 1. The summed E-state index contributed by atoms with van der Waals surface area (Å²) in [5, 5.41) is 18.6. The van der Waals surface area contributed by atoms with Crippen LogP contribution >= 0.6 is 0 Å². The number of nitrogens with one attached hydrogen (secondary N) is 1. The highest BCUT2D eigenvalue weighted by Crippen LogP contribution is 2.32. The molecule has 0 aliphatic heterocycles. The van der Waals surface area contributed by atoms with Gasteiger partial charge in [0, 0.05) is 19.5 Å². The minimum absolute atomic E-state index is 0.0430. The van der Waals surface area contributed by atoms with Gasteiger partial charge in [-0.2, -0.15) is 5.10 Å². The van der Waals surface area contributed by atoms with Crippen LogP contribution in [0.15, 0.2) is 24.3 Å². The fourth-order valence-corrected chi connectivity index (χ4v) is 3.60. The van der Waals surface area contributed by atoms with Crippen LogP contribution < -0.4 is 10.1 Å². The van der Waals surface area contributed by atoms with Crippen molar-refractivity contribution >= 4 is 0 Å². The van der Waals surface area contributed by atoms with Crippen LogP contribution in [0.4, 0.5) is 0 Å². The molecule has 0 amide bonds. The molecule has 0 bridgehead atoms. The molecular weight excluding hydrogens is 314 g/mol. The average Bonchev–Trinajstić information content (AvgIpc) is 3.02. The van der Waals surface area contributed by atoms with Gasteiger partial charge in [0.25, 0.3) is 0 Å². The highest BCUT2D eigenvalue weighted by atomic mass is 16.5. The first kappa shape index (κ1) is 18.0. The zero-order chi connectivity index (χ0) is 18.0. The molecule has 25 heavy (non-hydrogen) atoms. The van der Waals surface area contributed by atoms with E-state index in [2.05, 4.69) is 36.4 Å². The summed E-state index contributed by atoms with van der Waals surface area (Å²) in [6.45, 7) is 10.5. The highest BCUT2D eigenvalue weighted by Gasteiger charge is 2.31. The molecule has 2 atom stereocenters. The van der Waals surface area contributed by atoms with Crippen molar-refractivity contribution in [3.63, 3.8) is 0 Å². The Morgan fingerprint density at radius 3 is 2.84 bits per heavy atom. The van der Waals surface area contributed by atoms with Crippen LogP contribution in [0, 0.1) is 12.8 Å². The summed E-state index contributed by atoms with van der Waals surface area (Å²) in [5.41, 5.74) is 4.49. The van der Waals surface area contributed by atoms with E-state index in [9.17, 15) is 5.11 Å². The van der Waals surface area contributed by atoms with E-state index in [4.69, 9.17) is 4.74 Å². The van der Waals surface area contributed by atoms with E-state index in [0.717, 1.165) is 23.7 Å². The van der Waals surface area contributed by atoms with E-state index in [-0.39, 0.29) is 12.1 Å². The fourth-order valence-electron chi connectivity index (χ4n) is 3.60. The maximum atomic E-state index is 10.4. The molecule has 136 valence electrons. The second-order valence-electron chi connectivity index (χ2n) is 7.21. The van der Waals surface area contributed by atoms with Crippen LogP contribution in [0.1, 0.15) is 49.2 Å². The smallest absolute Gasteiger partial charge is 0.216 e. The molecule has 5 heteroatoms. The minimum Gasteiger partial charge on any atom is -0.478 e. The van der Waals surface area contributed by atoms with Crippen molar-refractivity contribution in [2.24, 2.45) is 5.92 Å². The van der Waals surface area contributed by atoms with Gasteiger partial charge in [0.05, 0.1) is 30.0 Å². The topological polar surface area (TPSA) is 59.3 Å². The van der Waals surface area contributed by atoms with Gasteiger partial charge in [-0.3, -0.25) is 0 Å². The van der Waals surface area contributed by atoms with E-state index in [0.29, 0.717) is 25.5 Å². The second kappa shape index (κ2) is 7.58. The summed E-state index contributed by atoms with van der Waals surface area (Å²) in [7, 11) is 0. The summed E-state index contributed by atoms with van der Waals surface area (Å²) in [4.78, 5) is 0. The standard InChI is InChI=1S/C20H29N3O2/c1-5-25-20-17(14(4)22-23(20)12-13(2)3)11-21-19-16-9-7-6-8-15(16)10-18(19)24/h6-9,13,18-19,21,24H,5,10-12H2,1-4H3/t18-,19+/m0/s1.